The molecule has 2 aromatic rings. The Morgan fingerprint density at radius 3 is 2.25 bits per heavy atom. The molecule has 2 rings (SSSR count). The van der Waals surface area contributed by atoms with Crippen molar-refractivity contribution in [1.82, 2.24) is 15.0 Å². The zero-order chi connectivity index (χ0) is 14.7. The maximum absolute atomic E-state index is 8.74. The monoisotopic (exact) mass is 289 g/mol. The zero-order valence-electron chi connectivity index (χ0n) is 11.5. The van der Waals surface area contributed by atoms with Crippen LogP contribution < -0.4 is 5.73 Å². The topological polar surface area (TPSA) is 97.3 Å². The maximum Gasteiger partial charge on any atom is 0.194 e. The lowest BCUT2D eigenvalue weighted by Gasteiger charge is -2.06. The molecule has 0 bridgehead atoms. The highest BCUT2D eigenvalue weighted by atomic mass is 32.2. The van der Waals surface area contributed by atoms with E-state index in [-0.39, 0.29) is 5.84 Å². The van der Waals surface area contributed by atoms with Crippen molar-refractivity contribution in [2.45, 2.75) is 31.0 Å². The molecule has 0 aliphatic heterocycles. The first-order chi connectivity index (χ1) is 9.47. The van der Waals surface area contributed by atoms with Gasteiger partial charge in [0.1, 0.15) is 5.03 Å². The second kappa shape index (κ2) is 5.87. The Morgan fingerprint density at radius 1 is 1.05 bits per heavy atom. The van der Waals surface area contributed by atoms with Gasteiger partial charge in [-0.3, -0.25) is 0 Å². The summed E-state index contributed by atoms with van der Waals surface area (Å²) in [5.41, 5.74) is 8.82. The Morgan fingerprint density at radius 2 is 1.65 bits per heavy atom. The molecule has 0 aromatic carbocycles. The van der Waals surface area contributed by atoms with Crippen molar-refractivity contribution in [2.24, 2.45) is 10.9 Å². The molecule has 0 radical (unpaired) electrons. The smallest absolute Gasteiger partial charge is 0.194 e. The number of nitrogens with zero attached hydrogens (tertiary/aromatic N) is 4. The molecule has 0 spiro atoms. The molecule has 20 heavy (non-hydrogen) atoms. The van der Waals surface area contributed by atoms with Gasteiger partial charge in [0.25, 0.3) is 0 Å². The number of hydrogen-bond acceptors (Lipinski definition) is 6. The predicted octanol–water partition coefficient (Wildman–Crippen LogP) is 2.04. The Hall–Kier alpha value is -2.15. The van der Waals surface area contributed by atoms with Gasteiger partial charge in [-0.15, -0.1) is 0 Å². The molecule has 0 saturated heterocycles. The lowest BCUT2D eigenvalue weighted by Crippen LogP contribution is -2.13. The molecule has 0 fully saturated rings. The number of rotatable bonds is 3. The highest BCUT2D eigenvalue weighted by molar-refractivity contribution is 7.99. The lowest BCUT2D eigenvalue weighted by atomic mass is 10.2. The summed E-state index contributed by atoms with van der Waals surface area (Å²) in [4.78, 5) is 13.1. The summed E-state index contributed by atoms with van der Waals surface area (Å²) < 4.78 is 0. The number of aromatic nitrogens is 3. The van der Waals surface area contributed by atoms with Crippen LogP contribution in [0, 0.1) is 20.8 Å². The summed E-state index contributed by atoms with van der Waals surface area (Å²) in [5.74, 6) is 0.0543. The van der Waals surface area contributed by atoms with Crippen LogP contribution in [0.25, 0.3) is 0 Å². The van der Waals surface area contributed by atoms with Gasteiger partial charge in [0.05, 0.1) is 0 Å². The summed E-state index contributed by atoms with van der Waals surface area (Å²) >= 11 is 1.35. The molecule has 3 N–H and O–H groups in total. The Kier molecular flexibility index (Phi) is 4.19. The molecule has 0 aliphatic rings. The van der Waals surface area contributed by atoms with E-state index in [4.69, 9.17) is 10.9 Å². The van der Waals surface area contributed by atoms with Crippen molar-refractivity contribution in [1.29, 1.82) is 0 Å². The molecule has 104 valence electrons. The number of oxime groups is 1. The first-order valence-electron chi connectivity index (χ1n) is 5.94. The number of hydrogen-bond donors (Lipinski definition) is 2. The summed E-state index contributed by atoms with van der Waals surface area (Å²) in [6, 6.07) is 5.41. The Labute approximate surface area is 121 Å². The Balaban J connectivity index is 2.36. The van der Waals surface area contributed by atoms with E-state index < -0.39 is 0 Å². The van der Waals surface area contributed by atoms with Gasteiger partial charge in [0, 0.05) is 22.6 Å². The van der Waals surface area contributed by atoms with E-state index in [9.17, 15) is 0 Å². The van der Waals surface area contributed by atoms with Crippen LogP contribution >= 0.6 is 11.8 Å². The molecule has 0 saturated carbocycles. The molecule has 6 nitrogen and oxygen atoms in total. The molecule has 0 aliphatic carbocycles. The highest BCUT2D eigenvalue weighted by Gasteiger charge is 2.08. The second-order valence-corrected chi connectivity index (χ2v) is 5.34. The van der Waals surface area contributed by atoms with Crippen LogP contribution in [0.15, 0.2) is 33.5 Å². The van der Waals surface area contributed by atoms with Crippen molar-refractivity contribution in [3.63, 3.8) is 0 Å². The molecule has 0 unspecified atom stereocenters. The largest absolute Gasteiger partial charge is 0.409 e. The molecular formula is C13H15N5OS. The summed E-state index contributed by atoms with van der Waals surface area (Å²) in [7, 11) is 0. The predicted molar refractivity (Wildman–Crippen MR) is 77.1 cm³/mol. The van der Waals surface area contributed by atoms with E-state index in [1.165, 1.54) is 11.8 Å². The normalized spacial score (nSPS) is 11.7. The van der Waals surface area contributed by atoms with E-state index in [2.05, 4.69) is 20.1 Å². The fourth-order valence-electron chi connectivity index (χ4n) is 1.73. The maximum atomic E-state index is 8.74. The third kappa shape index (κ3) is 3.45. The van der Waals surface area contributed by atoms with E-state index in [1.54, 1.807) is 12.1 Å². The van der Waals surface area contributed by atoms with E-state index in [0.717, 1.165) is 17.1 Å². The SMILES string of the molecule is Cc1cc(/C(N)=N/O)cc(Sc2nc(C)cc(C)n2)n1. The number of aryl methyl sites for hydroxylation is 3. The van der Waals surface area contributed by atoms with Crippen LogP contribution in [-0.2, 0) is 0 Å². The standard InChI is InChI=1S/C13H15N5OS/c1-7-4-8(2)17-13(16-7)20-11-6-10(12(14)18-19)5-9(3)15-11/h4-6,19H,1-3H3,(H2,14,18). The summed E-state index contributed by atoms with van der Waals surface area (Å²) in [6.07, 6.45) is 0. The number of amidine groups is 1. The minimum absolute atomic E-state index is 0.0543. The molecule has 2 aromatic heterocycles. The third-order valence-electron chi connectivity index (χ3n) is 2.49. The van der Waals surface area contributed by atoms with Crippen molar-refractivity contribution < 1.29 is 5.21 Å². The Bertz CT molecular complexity index is 652. The van der Waals surface area contributed by atoms with Gasteiger partial charge in [-0.2, -0.15) is 0 Å². The minimum atomic E-state index is 0.0543. The minimum Gasteiger partial charge on any atom is -0.409 e. The average Bonchev–Trinajstić information content (AvgIpc) is 2.35. The molecule has 7 heteroatoms. The van der Waals surface area contributed by atoms with Gasteiger partial charge in [0.2, 0.25) is 0 Å². The van der Waals surface area contributed by atoms with Crippen molar-refractivity contribution in [2.75, 3.05) is 0 Å². The van der Waals surface area contributed by atoms with Gasteiger partial charge >= 0.3 is 0 Å². The van der Waals surface area contributed by atoms with Gasteiger partial charge in [-0.25, -0.2) is 15.0 Å². The lowest BCUT2D eigenvalue weighted by molar-refractivity contribution is 0.318. The first kappa shape index (κ1) is 14.3. The van der Waals surface area contributed by atoms with Crippen LogP contribution in [0.4, 0.5) is 0 Å². The molecule has 2 heterocycles. The van der Waals surface area contributed by atoms with E-state index >= 15 is 0 Å². The number of nitrogens with two attached hydrogens (primary N) is 1. The van der Waals surface area contributed by atoms with Crippen molar-refractivity contribution in [3.8, 4) is 0 Å². The van der Waals surface area contributed by atoms with Crippen LogP contribution in [0.5, 0.6) is 0 Å². The molecular weight excluding hydrogens is 274 g/mol. The van der Waals surface area contributed by atoms with Crippen molar-refractivity contribution in [3.05, 3.63) is 40.8 Å². The van der Waals surface area contributed by atoms with Gasteiger partial charge in [-0.05, 0) is 50.7 Å². The van der Waals surface area contributed by atoms with Gasteiger partial charge < -0.3 is 10.9 Å². The van der Waals surface area contributed by atoms with Gasteiger partial charge in [0.15, 0.2) is 11.0 Å². The average molecular weight is 289 g/mol. The van der Waals surface area contributed by atoms with Crippen LogP contribution in [0.1, 0.15) is 22.6 Å². The summed E-state index contributed by atoms with van der Waals surface area (Å²) in [5, 5.41) is 13.1. The second-order valence-electron chi connectivity index (χ2n) is 4.36. The van der Waals surface area contributed by atoms with Crippen molar-refractivity contribution >= 4 is 17.6 Å². The van der Waals surface area contributed by atoms with E-state index in [1.807, 2.05) is 26.8 Å². The third-order valence-corrected chi connectivity index (χ3v) is 3.27. The van der Waals surface area contributed by atoms with Crippen LogP contribution in [0.2, 0.25) is 0 Å². The molecule has 0 amide bonds. The zero-order valence-corrected chi connectivity index (χ0v) is 12.3. The van der Waals surface area contributed by atoms with Gasteiger partial charge in [-0.1, -0.05) is 5.16 Å². The summed E-state index contributed by atoms with van der Waals surface area (Å²) in [6.45, 7) is 5.69. The van der Waals surface area contributed by atoms with Crippen LogP contribution in [-0.4, -0.2) is 26.0 Å². The fraction of sp³-hybridized carbons (Fsp3) is 0.231. The quantitative estimate of drug-likeness (QED) is 0.295. The molecule has 0 atom stereocenters. The van der Waals surface area contributed by atoms with Crippen LogP contribution in [0.3, 0.4) is 0 Å². The number of pyridine rings is 1. The van der Waals surface area contributed by atoms with E-state index in [0.29, 0.717) is 15.7 Å². The fourth-order valence-corrected chi connectivity index (χ4v) is 2.67. The first-order valence-corrected chi connectivity index (χ1v) is 6.76. The highest BCUT2D eigenvalue weighted by Crippen LogP contribution is 2.24.